The van der Waals surface area contributed by atoms with E-state index in [4.69, 9.17) is 5.73 Å². The van der Waals surface area contributed by atoms with E-state index in [0.717, 1.165) is 19.0 Å². The molecule has 0 aliphatic carbocycles. The molecule has 0 aromatic carbocycles. The van der Waals surface area contributed by atoms with Crippen molar-refractivity contribution >= 4 is 0 Å². The van der Waals surface area contributed by atoms with Crippen LogP contribution < -0.4 is 11.1 Å². The lowest BCUT2D eigenvalue weighted by atomic mass is 9.79. The fourth-order valence-corrected chi connectivity index (χ4v) is 2.90. The number of hydrogen-bond donors (Lipinski definition) is 2. The molecule has 3 atom stereocenters. The van der Waals surface area contributed by atoms with Crippen LogP contribution in [0.5, 0.6) is 0 Å². The lowest BCUT2D eigenvalue weighted by Crippen LogP contribution is -2.60. The second-order valence-corrected chi connectivity index (χ2v) is 4.57. The highest BCUT2D eigenvalue weighted by Gasteiger charge is 2.44. The quantitative estimate of drug-likeness (QED) is 0.629. The number of nitrogens with two attached hydrogens (primary N) is 1. The largest absolute Gasteiger partial charge is 0.329 e. The highest BCUT2D eigenvalue weighted by molar-refractivity contribution is 5.04. The zero-order chi connectivity index (χ0) is 10.0. The van der Waals surface area contributed by atoms with E-state index in [1.165, 1.54) is 32.5 Å². The van der Waals surface area contributed by atoms with Crippen LogP contribution in [0.1, 0.15) is 12.8 Å². The minimum absolute atomic E-state index is 0.196. The van der Waals surface area contributed by atoms with Gasteiger partial charge in [-0.2, -0.15) is 0 Å². The fourth-order valence-electron chi connectivity index (χ4n) is 2.90. The molecule has 2 aliphatic rings. The van der Waals surface area contributed by atoms with E-state index >= 15 is 0 Å². The first-order valence-corrected chi connectivity index (χ1v) is 5.59. The summed E-state index contributed by atoms with van der Waals surface area (Å²) in [5.41, 5.74) is 6.14. The third kappa shape index (κ3) is 1.60. The lowest BCUT2D eigenvalue weighted by molar-refractivity contribution is 0.141. The molecule has 2 rings (SSSR count). The summed E-state index contributed by atoms with van der Waals surface area (Å²) in [5, 5.41) is 3.59. The third-order valence-corrected chi connectivity index (χ3v) is 3.89. The summed E-state index contributed by atoms with van der Waals surface area (Å²) in [6.07, 6.45) is 4.43. The van der Waals surface area contributed by atoms with Crippen molar-refractivity contribution in [2.45, 2.75) is 18.4 Å². The third-order valence-electron chi connectivity index (χ3n) is 3.89. The maximum absolute atomic E-state index is 5.95. The standard InChI is InChI=1S/C11H21N3/c1-2-5-13-11(9-12)4-7-14-6-3-10(11)8-14/h2,10,13H,1,3-9,12H2. The average Bonchev–Trinajstić information content (AvgIpc) is 2.63. The molecule has 2 bridgehead atoms. The number of nitrogens with one attached hydrogen (secondary N) is 1. The SMILES string of the molecule is C=CCNC1(CN)CCN2CCC1C2. The number of hydrogen-bond acceptors (Lipinski definition) is 3. The predicted molar refractivity (Wildman–Crippen MR) is 59.1 cm³/mol. The van der Waals surface area contributed by atoms with Crippen LogP contribution in [0.2, 0.25) is 0 Å². The van der Waals surface area contributed by atoms with E-state index < -0.39 is 0 Å². The molecule has 0 spiro atoms. The summed E-state index contributed by atoms with van der Waals surface area (Å²) in [7, 11) is 0. The van der Waals surface area contributed by atoms with Crippen LogP contribution >= 0.6 is 0 Å². The summed E-state index contributed by atoms with van der Waals surface area (Å²) in [6, 6.07) is 0. The van der Waals surface area contributed by atoms with E-state index in [1.807, 2.05) is 6.08 Å². The Morgan fingerprint density at radius 1 is 1.57 bits per heavy atom. The Morgan fingerprint density at radius 3 is 3.14 bits per heavy atom. The topological polar surface area (TPSA) is 41.3 Å². The molecule has 3 unspecified atom stereocenters. The van der Waals surface area contributed by atoms with Gasteiger partial charge in [-0.05, 0) is 31.8 Å². The van der Waals surface area contributed by atoms with Gasteiger partial charge in [0.1, 0.15) is 0 Å². The van der Waals surface area contributed by atoms with Gasteiger partial charge < -0.3 is 16.0 Å². The molecule has 0 aromatic rings. The molecule has 2 heterocycles. The smallest absolute Gasteiger partial charge is 0.0359 e. The van der Waals surface area contributed by atoms with Crippen LogP contribution in [-0.2, 0) is 0 Å². The van der Waals surface area contributed by atoms with Crippen molar-refractivity contribution in [3.05, 3.63) is 12.7 Å². The Balaban J connectivity index is 2.05. The minimum atomic E-state index is 0.196. The molecule has 2 fully saturated rings. The van der Waals surface area contributed by atoms with Gasteiger partial charge in [0.2, 0.25) is 0 Å². The molecule has 3 N–H and O–H groups in total. The molecule has 0 aromatic heterocycles. The number of nitrogens with zero attached hydrogens (tertiary/aromatic N) is 1. The number of rotatable bonds is 4. The van der Waals surface area contributed by atoms with Crippen LogP contribution in [0.15, 0.2) is 12.7 Å². The minimum Gasteiger partial charge on any atom is -0.329 e. The Bertz CT molecular complexity index is 217. The Morgan fingerprint density at radius 2 is 2.43 bits per heavy atom. The predicted octanol–water partition coefficient (Wildman–Crippen LogP) is 0.185. The highest BCUT2D eigenvalue weighted by atomic mass is 15.2. The van der Waals surface area contributed by atoms with Gasteiger partial charge in [0.15, 0.2) is 0 Å². The zero-order valence-corrected chi connectivity index (χ0v) is 8.84. The molecular weight excluding hydrogens is 174 g/mol. The van der Waals surface area contributed by atoms with E-state index in [1.54, 1.807) is 0 Å². The van der Waals surface area contributed by atoms with Gasteiger partial charge >= 0.3 is 0 Å². The second kappa shape index (κ2) is 4.01. The maximum Gasteiger partial charge on any atom is 0.0359 e. The van der Waals surface area contributed by atoms with E-state index in [0.29, 0.717) is 0 Å². The molecule has 80 valence electrons. The van der Waals surface area contributed by atoms with Gasteiger partial charge in [0.25, 0.3) is 0 Å². The average molecular weight is 195 g/mol. The summed E-state index contributed by atoms with van der Waals surface area (Å²) in [4.78, 5) is 2.55. The summed E-state index contributed by atoms with van der Waals surface area (Å²) in [5.74, 6) is 0.751. The van der Waals surface area contributed by atoms with E-state index in [9.17, 15) is 0 Å². The van der Waals surface area contributed by atoms with Gasteiger partial charge in [0, 0.05) is 25.2 Å². The van der Waals surface area contributed by atoms with Crippen molar-refractivity contribution in [3.63, 3.8) is 0 Å². The van der Waals surface area contributed by atoms with Crippen molar-refractivity contribution < 1.29 is 0 Å². The Hall–Kier alpha value is -0.380. The normalized spacial score (nSPS) is 41.2. The molecule has 3 heteroatoms. The van der Waals surface area contributed by atoms with E-state index in [-0.39, 0.29) is 5.54 Å². The monoisotopic (exact) mass is 195 g/mol. The molecule has 2 saturated heterocycles. The number of piperidine rings is 1. The summed E-state index contributed by atoms with van der Waals surface area (Å²) < 4.78 is 0. The molecule has 2 aliphatic heterocycles. The summed E-state index contributed by atoms with van der Waals surface area (Å²) in [6.45, 7) is 9.11. The Kier molecular flexibility index (Phi) is 2.91. The molecular formula is C11H21N3. The first-order chi connectivity index (χ1) is 6.80. The lowest BCUT2D eigenvalue weighted by Gasteiger charge is -2.43. The molecule has 0 amide bonds. The Labute approximate surface area is 86.3 Å². The maximum atomic E-state index is 5.95. The second-order valence-electron chi connectivity index (χ2n) is 4.57. The van der Waals surface area contributed by atoms with Crippen LogP contribution in [0.4, 0.5) is 0 Å². The highest BCUT2D eigenvalue weighted by Crippen LogP contribution is 2.34. The fraction of sp³-hybridized carbons (Fsp3) is 0.818. The first-order valence-electron chi connectivity index (χ1n) is 5.59. The van der Waals surface area contributed by atoms with Crippen LogP contribution in [0.3, 0.4) is 0 Å². The van der Waals surface area contributed by atoms with Gasteiger partial charge in [-0.15, -0.1) is 6.58 Å². The van der Waals surface area contributed by atoms with Crippen molar-refractivity contribution in [1.82, 2.24) is 10.2 Å². The van der Waals surface area contributed by atoms with E-state index in [2.05, 4.69) is 16.8 Å². The van der Waals surface area contributed by atoms with Gasteiger partial charge in [-0.1, -0.05) is 6.08 Å². The zero-order valence-electron chi connectivity index (χ0n) is 8.84. The molecule has 0 saturated carbocycles. The van der Waals surface area contributed by atoms with Crippen LogP contribution in [-0.4, -0.2) is 43.2 Å². The van der Waals surface area contributed by atoms with Crippen LogP contribution in [0.25, 0.3) is 0 Å². The van der Waals surface area contributed by atoms with Gasteiger partial charge in [0.05, 0.1) is 0 Å². The van der Waals surface area contributed by atoms with Gasteiger partial charge in [-0.3, -0.25) is 0 Å². The van der Waals surface area contributed by atoms with Crippen molar-refractivity contribution in [2.24, 2.45) is 11.7 Å². The number of fused-ring (bicyclic) bond motifs is 2. The molecule has 3 nitrogen and oxygen atoms in total. The molecule has 0 radical (unpaired) electrons. The first kappa shape index (κ1) is 10.1. The van der Waals surface area contributed by atoms with Crippen LogP contribution in [0, 0.1) is 5.92 Å². The van der Waals surface area contributed by atoms with Crippen molar-refractivity contribution in [1.29, 1.82) is 0 Å². The molecule has 14 heavy (non-hydrogen) atoms. The van der Waals surface area contributed by atoms with Crippen molar-refractivity contribution in [2.75, 3.05) is 32.7 Å². The van der Waals surface area contributed by atoms with Crippen molar-refractivity contribution in [3.8, 4) is 0 Å². The van der Waals surface area contributed by atoms with Gasteiger partial charge in [-0.25, -0.2) is 0 Å². The summed E-state index contributed by atoms with van der Waals surface area (Å²) >= 11 is 0.